The van der Waals surface area contributed by atoms with Crippen molar-refractivity contribution in [2.45, 2.75) is 20.3 Å². The molecule has 0 saturated carbocycles. The summed E-state index contributed by atoms with van der Waals surface area (Å²) in [6.45, 7) is 3.96. The summed E-state index contributed by atoms with van der Waals surface area (Å²) in [6, 6.07) is 8.79. The minimum absolute atomic E-state index is 0.303. The van der Waals surface area contributed by atoms with Gasteiger partial charge in [-0.25, -0.2) is 5.43 Å². The van der Waals surface area contributed by atoms with Crippen molar-refractivity contribution in [3.8, 4) is 0 Å². The van der Waals surface area contributed by atoms with Crippen molar-refractivity contribution in [2.75, 3.05) is 0 Å². The van der Waals surface area contributed by atoms with E-state index in [1.807, 2.05) is 13.0 Å². The first-order valence-electron chi connectivity index (χ1n) is 6.40. The van der Waals surface area contributed by atoms with Gasteiger partial charge >= 0.3 is 0 Å². The molecule has 0 unspecified atom stereocenters. The van der Waals surface area contributed by atoms with E-state index < -0.39 is 0 Å². The van der Waals surface area contributed by atoms with E-state index >= 15 is 0 Å². The maximum atomic E-state index is 12.0. The van der Waals surface area contributed by atoms with Gasteiger partial charge in [-0.05, 0) is 43.7 Å². The molecule has 1 amide bonds. The third-order valence-electron chi connectivity index (χ3n) is 2.87. The van der Waals surface area contributed by atoms with Crippen LogP contribution >= 0.6 is 34.5 Å². The summed E-state index contributed by atoms with van der Waals surface area (Å²) in [7, 11) is 0. The summed E-state index contributed by atoms with van der Waals surface area (Å²) in [5.41, 5.74) is 3.62. The Balaban J connectivity index is 2.10. The lowest BCUT2D eigenvalue weighted by molar-refractivity contribution is 0.0955. The van der Waals surface area contributed by atoms with Crippen LogP contribution in [0.3, 0.4) is 0 Å². The Morgan fingerprint density at radius 2 is 2.05 bits per heavy atom. The highest BCUT2D eigenvalue weighted by atomic mass is 35.5. The van der Waals surface area contributed by atoms with Crippen molar-refractivity contribution >= 4 is 46.2 Å². The molecular formula is C15H14Cl2N2OS. The van der Waals surface area contributed by atoms with E-state index in [1.165, 1.54) is 10.9 Å². The van der Waals surface area contributed by atoms with E-state index in [0.29, 0.717) is 15.6 Å². The van der Waals surface area contributed by atoms with E-state index in [9.17, 15) is 4.79 Å². The third-order valence-corrected chi connectivity index (χ3v) is 4.75. The first-order valence-corrected chi connectivity index (χ1v) is 7.97. The average Bonchev–Trinajstić information content (AvgIpc) is 2.93. The number of nitrogens with one attached hydrogen (secondary N) is 1. The second-order valence-electron chi connectivity index (χ2n) is 4.38. The van der Waals surface area contributed by atoms with Gasteiger partial charge in [0.25, 0.3) is 5.91 Å². The molecule has 110 valence electrons. The number of rotatable bonds is 4. The van der Waals surface area contributed by atoms with Crippen molar-refractivity contribution in [2.24, 2.45) is 5.10 Å². The topological polar surface area (TPSA) is 41.5 Å². The molecule has 0 radical (unpaired) electrons. The lowest BCUT2D eigenvalue weighted by atomic mass is 10.2. The zero-order chi connectivity index (χ0) is 15.4. The molecule has 1 aromatic heterocycles. The maximum absolute atomic E-state index is 12.0. The molecule has 0 aliphatic rings. The van der Waals surface area contributed by atoms with Gasteiger partial charge in [-0.2, -0.15) is 5.10 Å². The number of nitrogens with zero attached hydrogens (tertiary/aromatic N) is 1. The highest BCUT2D eigenvalue weighted by molar-refractivity contribution is 7.14. The van der Waals surface area contributed by atoms with Crippen molar-refractivity contribution in [1.29, 1.82) is 0 Å². The predicted octanol–water partition coefficient (Wildman–Crippen LogP) is 4.77. The minimum Gasteiger partial charge on any atom is -0.267 e. The lowest BCUT2D eigenvalue weighted by Gasteiger charge is -2.04. The summed E-state index contributed by atoms with van der Waals surface area (Å²) in [5.74, 6) is -0.358. The fourth-order valence-corrected chi connectivity index (χ4v) is 3.07. The molecule has 0 bridgehead atoms. The second kappa shape index (κ2) is 7.07. The summed E-state index contributed by atoms with van der Waals surface area (Å²) in [5, 5.41) is 4.91. The highest BCUT2D eigenvalue weighted by Gasteiger charge is 2.10. The summed E-state index contributed by atoms with van der Waals surface area (Å²) in [6.07, 6.45) is 0.991. The molecule has 21 heavy (non-hydrogen) atoms. The van der Waals surface area contributed by atoms with Crippen LogP contribution in [0.2, 0.25) is 10.0 Å². The summed E-state index contributed by atoms with van der Waals surface area (Å²) >= 11 is 13.5. The molecule has 0 aliphatic heterocycles. The van der Waals surface area contributed by atoms with Crippen LogP contribution in [0.25, 0.3) is 0 Å². The van der Waals surface area contributed by atoms with E-state index in [2.05, 4.69) is 23.5 Å². The summed E-state index contributed by atoms with van der Waals surface area (Å²) < 4.78 is 0. The van der Waals surface area contributed by atoms with E-state index in [1.54, 1.807) is 23.5 Å². The number of carbonyl (C=O) groups excluding carboxylic acids is 1. The van der Waals surface area contributed by atoms with Crippen LogP contribution in [0.4, 0.5) is 0 Å². The van der Waals surface area contributed by atoms with Gasteiger partial charge in [0.15, 0.2) is 0 Å². The number of hydrogen-bond donors (Lipinski definition) is 1. The van der Waals surface area contributed by atoms with E-state index in [4.69, 9.17) is 23.2 Å². The van der Waals surface area contributed by atoms with Gasteiger partial charge in [0.1, 0.15) is 0 Å². The Morgan fingerprint density at radius 3 is 2.67 bits per heavy atom. The normalized spacial score (nSPS) is 11.5. The van der Waals surface area contributed by atoms with Gasteiger partial charge < -0.3 is 0 Å². The Hall–Kier alpha value is -1.36. The molecule has 0 aliphatic carbocycles. The van der Waals surface area contributed by atoms with Crippen molar-refractivity contribution in [3.63, 3.8) is 0 Å². The monoisotopic (exact) mass is 340 g/mol. The fraction of sp³-hybridized carbons (Fsp3) is 0.200. The number of carbonyl (C=O) groups is 1. The largest absolute Gasteiger partial charge is 0.272 e. The molecular weight excluding hydrogens is 327 g/mol. The van der Waals surface area contributed by atoms with Crippen LogP contribution in [0, 0.1) is 0 Å². The minimum atomic E-state index is -0.358. The Kier molecular flexibility index (Phi) is 5.39. The van der Waals surface area contributed by atoms with Crippen molar-refractivity contribution < 1.29 is 4.79 Å². The van der Waals surface area contributed by atoms with Gasteiger partial charge in [-0.3, -0.25) is 4.79 Å². The molecule has 0 saturated heterocycles. The first kappa shape index (κ1) is 16.0. The van der Waals surface area contributed by atoms with Gasteiger partial charge in [0, 0.05) is 9.90 Å². The van der Waals surface area contributed by atoms with E-state index in [-0.39, 0.29) is 5.91 Å². The highest BCUT2D eigenvalue weighted by Crippen LogP contribution is 2.21. The fourth-order valence-electron chi connectivity index (χ4n) is 1.69. The first-order chi connectivity index (χ1) is 10.0. The van der Waals surface area contributed by atoms with Crippen molar-refractivity contribution in [3.05, 3.63) is 55.7 Å². The number of hydrogen-bond acceptors (Lipinski definition) is 3. The van der Waals surface area contributed by atoms with Gasteiger partial charge in [0.2, 0.25) is 0 Å². The third kappa shape index (κ3) is 4.06. The standard InChI is InChI=1S/C15H14Cl2N2OS/c1-3-11-5-7-14(21-11)9(2)18-19-15(20)12-6-4-10(16)8-13(12)17/h4-8H,3H2,1-2H3,(H,19,20). The van der Waals surface area contributed by atoms with Crippen LogP contribution in [0.1, 0.15) is 34.0 Å². The van der Waals surface area contributed by atoms with Gasteiger partial charge in [0.05, 0.1) is 21.2 Å². The van der Waals surface area contributed by atoms with E-state index in [0.717, 1.165) is 17.0 Å². The molecule has 0 atom stereocenters. The Bertz CT molecular complexity index is 695. The molecule has 0 fully saturated rings. The Labute approximate surface area is 137 Å². The molecule has 1 N–H and O–H groups in total. The molecule has 2 rings (SSSR count). The number of thiophene rings is 1. The number of aryl methyl sites for hydroxylation is 1. The number of amides is 1. The van der Waals surface area contributed by atoms with Crippen LogP contribution in [0.15, 0.2) is 35.4 Å². The van der Waals surface area contributed by atoms with Crippen LogP contribution in [0.5, 0.6) is 0 Å². The predicted molar refractivity (Wildman–Crippen MR) is 89.8 cm³/mol. The molecule has 1 aromatic carbocycles. The maximum Gasteiger partial charge on any atom is 0.272 e. The molecule has 0 spiro atoms. The molecule has 3 nitrogen and oxygen atoms in total. The van der Waals surface area contributed by atoms with Crippen LogP contribution in [-0.2, 0) is 6.42 Å². The second-order valence-corrected chi connectivity index (χ2v) is 6.39. The molecule has 1 heterocycles. The lowest BCUT2D eigenvalue weighted by Crippen LogP contribution is -2.19. The Morgan fingerprint density at radius 1 is 1.29 bits per heavy atom. The zero-order valence-corrected chi connectivity index (χ0v) is 13.9. The number of halogens is 2. The number of hydrazone groups is 1. The molecule has 2 aromatic rings. The zero-order valence-electron chi connectivity index (χ0n) is 11.6. The van der Waals surface area contributed by atoms with Gasteiger partial charge in [-0.15, -0.1) is 11.3 Å². The summed E-state index contributed by atoms with van der Waals surface area (Å²) in [4.78, 5) is 14.4. The quantitative estimate of drug-likeness (QED) is 0.632. The van der Waals surface area contributed by atoms with Gasteiger partial charge in [-0.1, -0.05) is 30.1 Å². The van der Waals surface area contributed by atoms with Crippen molar-refractivity contribution in [1.82, 2.24) is 5.43 Å². The SMILES string of the molecule is CCc1ccc(C(C)=NNC(=O)c2ccc(Cl)cc2Cl)s1. The van der Waals surface area contributed by atoms with Crippen LogP contribution in [-0.4, -0.2) is 11.6 Å². The molecule has 6 heteroatoms. The average molecular weight is 341 g/mol. The smallest absolute Gasteiger partial charge is 0.267 e. The number of benzene rings is 1. The van der Waals surface area contributed by atoms with Crippen LogP contribution < -0.4 is 5.43 Å².